The van der Waals surface area contributed by atoms with Crippen molar-refractivity contribution in [1.29, 1.82) is 0 Å². The summed E-state index contributed by atoms with van der Waals surface area (Å²) in [6.45, 7) is 8.44. The molecule has 46 heavy (non-hydrogen) atoms. The lowest BCUT2D eigenvalue weighted by Crippen LogP contribution is -2.40. The molecule has 0 heterocycles. The van der Waals surface area contributed by atoms with Gasteiger partial charge < -0.3 is 51.0 Å². The van der Waals surface area contributed by atoms with Gasteiger partial charge in [-0.1, -0.05) is 27.7 Å². The molecule has 0 aromatic heterocycles. The Morgan fingerprint density at radius 3 is 1.30 bits per heavy atom. The summed E-state index contributed by atoms with van der Waals surface area (Å²) in [5.41, 5.74) is 13.9. The van der Waals surface area contributed by atoms with E-state index < -0.39 is 100 Å². The van der Waals surface area contributed by atoms with E-state index in [0.29, 0.717) is 0 Å². The zero-order valence-corrected chi connectivity index (χ0v) is 29.4. The van der Waals surface area contributed by atoms with Gasteiger partial charge in [0.1, 0.15) is 25.3 Å². The summed E-state index contributed by atoms with van der Waals surface area (Å²) in [6, 6.07) is -1.88. The van der Waals surface area contributed by atoms with Crippen molar-refractivity contribution in [3.63, 3.8) is 0 Å². The number of rotatable bonds is 21. The highest BCUT2D eigenvalue weighted by atomic mass is 31.2. The van der Waals surface area contributed by atoms with E-state index in [1.54, 1.807) is 27.7 Å². The first-order chi connectivity index (χ1) is 20.8. The Kier molecular flexibility index (Phi) is 17.2. The molecule has 9 N–H and O–H groups in total. The van der Waals surface area contributed by atoms with Crippen LogP contribution in [-0.2, 0) is 56.3 Å². The molecular formula is C26H51N3O15P2. The molecule has 0 aromatic carbocycles. The highest BCUT2D eigenvalue weighted by molar-refractivity contribution is 7.72. The van der Waals surface area contributed by atoms with Gasteiger partial charge in [-0.15, -0.1) is 0 Å². The van der Waals surface area contributed by atoms with Crippen molar-refractivity contribution in [2.24, 2.45) is 39.9 Å². The fraction of sp³-hybridized carbons (Fsp3) is 0.846. The quantitative estimate of drug-likeness (QED) is 0.0417. The first-order valence-corrected chi connectivity index (χ1v) is 17.5. The molecule has 20 heteroatoms. The maximum atomic E-state index is 13.1. The maximum absolute atomic E-state index is 13.1. The molecule has 0 rings (SSSR count). The van der Waals surface area contributed by atoms with E-state index in [1.165, 1.54) is 27.7 Å². The van der Waals surface area contributed by atoms with Crippen LogP contribution in [0.5, 0.6) is 0 Å². The number of carbonyl (C=O) groups is 4. The fourth-order valence-corrected chi connectivity index (χ4v) is 6.35. The highest BCUT2D eigenvalue weighted by Gasteiger charge is 2.62. The third kappa shape index (κ3) is 12.6. The second-order valence-corrected chi connectivity index (χ2v) is 17.0. The normalized spacial score (nSPS) is 17.7. The van der Waals surface area contributed by atoms with Crippen LogP contribution in [0, 0.1) is 22.7 Å². The monoisotopic (exact) mass is 707 g/mol. The molecule has 0 saturated carbocycles. The smallest absolute Gasteiger partial charge is 0.374 e. The lowest BCUT2D eigenvalue weighted by atomic mass is 9.95. The first kappa shape index (κ1) is 44.0. The zero-order chi connectivity index (χ0) is 36.3. The molecule has 18 nitrogen and oxygen atoms in total. The van der Waals surface area contributed by atoms with Crippen molar-refractivity contribution in [1.82, 2.24) is 0 Å². The Hall–Kier alpha value is -1.98. The van der Waals surface area contributed by atoms with Gasteiger partial charge in [0.2, 0.25) is 13.6 Å². The summed E-state index contributed by atoms with van der Waals surface area (Å²) in [4.78, 5) is 70.1. The van der Waals surface area contributed by atoms with Gasteiger partial charge in [0, 0.05) is 6.42 Å². The molecule has 0 amide bonds. The topological polar surface area (TPSA) is 297 Å². The molecule has 0 saturated heterocycles. The van der Waals surface area contributed by atoms with Gasteiger partial charge in [-0.3, -0.25) is 37.4 Å². The molecule has 0 bridgehead atoms. The number of carbonyl (C=O) groups excluding carboxylic acids is 4. The summed E-state index contributed by atoms with van der Waals surface area (Å²) >= 11 is 0. The van der Waals surface area contributed by atoms with Crippen LogP contribution >= 0.6 is 15.2 Å². The number of ether oxygens (including phenoxy) is 4. The Bertz CT molecular complexity index is 1070. The summed E-state index contributed by atoms with van der Waals surface area (Å²) in [6.07, 6.45) is -1.17. The molecule has 0 aliphatic heterocycles. The van der Waals surface area contributed by atoms with Crippen LogP contribution in [0.2, 0.25) is 0 Å². The fourth-order valence-electron chi connectivity index (χ4n) is 3.04. The van der Waals surface area contributed by atoms with Crippen LogP contribution in [0.4, 0.5) is 0 Å². The minimum atomic E-state index is -5.59. The standard InChI is InChI=1S/C26H51N3O15P2/c1-16(2)18(28)20(30)39-12-24(5,6)22(32)41-14-43-45(35,36)26(34,10-9-11-27)46(37,38)44-15-42-23(33)25(7,8)13-40-21(31)19(29)17(3)4/h16-19,34H,9-15,27-29H2,1-8H3,(H,35,36)(H,37,38)/t18-,19-/m1/s1. The molecule has 0 radical (unpaired) electrons. The molecule has 270 valence electrons. The van der Waals surface area contributed by atoms with Crippen LogP contribution in [0.15, 0.2) is 0 Å². The van der Waals surface area contributed by atoms with Gasteiger partial charge in [-0.05, 0) is 52.5 Å². The molecule has 0 aliphatic carbocycles. The maximum Gasteiger partial charge on any atom is 0.374 e. The lowest BCUT2D eigenvalue weighted by molar-refractivity contribution is -0.169. The summed E-state index contributed by atoms with van der Waals surface area (Å²) in [5.74, 6) is -4.11. The molecule has 0 aliphatic rings. The number of hydrogen-bond acceptors (Lipinski definition) is 16. The van der Waals surface area contributed by atoms with Crippen LogP contribution in [-0.4, -0.2) is 89.3 Å². The minimum absolute atomic E-state index is 0.201. The second-order valence-electron chi connectivity index (χ2n) is 12.6. The van der Waals surface area contributed by atoms with E-state index in [-0.39, 0.29) is 24.8 Å². The Balaban J connectivity index is 5.44. The molecule has 4 atom stereocenters. The first-order valence-electron chi connectivity index (χ1n) is 14.4. The number of nitrogens with two attached hydrogens (primary N) is 3. The van der Waals surface area contributed by atoms with Crippen molar-refractivity contribution in [2.75, 3.05) is 33.3 Å². The second kappa shape index (κ2) is 18.0. The third-order valence-corrected chi connectivity index (χ3v) is 11.4. The summed E-state index contributed by atoms with van der Waals surface area (Å²) in [7, 11) is -11.2. The number of esters is 4. The average molecular weight is 708 g/mol. The number of aliphatic hydroxyl groups is 1. The van der Waals surface area contributed by atoms with E-state index in [4.69, 9.17) is 36.1 Å². The third-order valence-electron chi connectivity index (χ3n) is 6.69. The number of hydrogen-bond donors (Lipinski definition) is 6. The van der Waals surface area contributed by atoms with Crippen molar-refractivity contribution in [2.45, 2.75) is 85.4 Å². The van der Waals surface area contributed by atoms with Gasteiger partial charge in [0.05, 0.1) is 10.8 Å². The Morgan fingerprint density at radius 2 is 1.02 bits per heavy atom. The lowest BCUT2D eigenvalue weighted by Gasteiger charge is -2.34. The summed E-state index contributed by atoms with van der Waals surface area (Å²) in [5, 5.41) is 7.48. The van der Waals surface area contributed by atoms with E-state index >= 15 is 0 Å². The van der Waals surface area contributed by atoms with Crippen molar-refractivity contribution < 1.29 is 71.2 Å². The van der Waals surface area contributed by atoms with Crippen molar-refractivity contribution >= 4 is 39.1 Å². The Morgan fingerprint density at radius 1 is 0.696 bits per heavy atom. The molecule has 0 spiro atoms. The average Bonchev–Trinajstić information content (AvgIpc) is 2.95. The van der Waals surface area contributed by atoms with Crippen LogP contribution in [0.1, 0.15) is 68.2 Å². The van der Waals surface area contributed by atoms with Gasteiger partial charge in [0.15, 0.2) is 0 Å². The van der Waals surface area contributed by atoms with Crippen LogP contribution < -0.4 is 17.2 Å². The predicted octanol–water partition coefficient (Wildman–Crippen LogP) is 0.882. The minimum Gasteiger partial charge on any atom is -0.463 e. The van der Waals surface area contributed by atoms with E-state index in [1.807, 2.05) is 0 Å². The molecule has 0 aromatic rings. The van der Waals surface area contributed by atoms with Crippen LogP contribution in [0.3, 0.4) is 0 Å². The van der Waals surface area contributed by atoms with Crippen molar-refractivity contribution in [3.8, 4) is 0 Å². The molecule has 2 unspecified atom stereocenters. The SMILES string of the molecule is CC(C)[C@@H](N)C(=O)OCC(C)(C)C(=O)OCOP(=O)(O)C(O)(CCCN)P(=O)(O)OCOC(=O)C(C)(C)COC(=O)[C@H](N)C(C)C. The van der Waals surface area contributed by atoms with E-state index in [9.17, 15) is 43.2 Å². The van der Waals surface area contributed by atoms with Crippen LogP contribution in [0.25, 0.3) is 0 Å². The largest absolute Gasteiger partial charge is 0.463 e. The predicted molar refractivity (Wildman–Crippen MR) is 162 cm³/mol. The van der Waals surface area contributed by atoms with E-state index in [0.717, 1.165) is 0 Å². The summed E-state index contributed by atoms with van der Waals surface area (Å²) < 4.78 is 55.3. The molecular weight excluding hydrogens is 656 g/mol. The van der Waals surface area contributed by atoms with Gasteiger partial charge >= 0.3 is 39.1 Å². The molecule has 0 fully saturated rings. The highest BCUT2D eigenvalue weighted by Crippen LogP contribution is 2.73. The van der Waals surface area contributed by atoms with Crippen molar-refractivity contribution in [3.05, 3.63) is 0 Å². The van der Waals surface area contributed by atoms with E-state index in [2.05, 4.69) is 9.05 Å². The zero-order valence-electron chi connectivity index (χ0n) is 27.6. The van der Waals surface area contributed by atoms with Gasteiger partial charge in [-0.25, -0.2) is 0 Å². The van der Waals surface area contributed by atoms with Gasteiger partial charge in [-0.2, -0.15) is 0 Å². The van der Waals surface area contributed by atoms with Gasteiger partial charge in [0.25, 0.3) is 5.08 Å². The Labute approximate surface area is 269 Å².